The van der Waals surface area contributed by atoms with E-state index < -0.39 is 0 Å². The van der Waals surface area contributed by atoms with Crippen LogP contribution in [0.1, 0.15) is 33.6 Å². The maximum atomic E-state index is 12.6. The number of carbonyl (C=O) groups is 1. The van der Waals surface area contributed by atoms with Crippen LogP contribution in [0.5, 0.6) is 0 Å². The number of carbonyl (C=O) groups excluding carboxylic acids is 1. The van der Waals surface area contributed by atoms with E-state index in [-0.39, 0.29) is 11.9 Å². The number of nitrogens with one attached hydrogen (secondary N) is 1. The zero-order chi connectivity index (χ0) is 13.5. The van der Waals surface area contributed by atoms with Crippen molar-refractivity contribution in [1.82, 2.24) is 10.2 Å². The van der Waals surface area contributed by atoms with E-state index in [1.54, 1.807) is 7.11 Å². The highest BCUT2D eigenvalue weighted by molar-refractivity contribution is 5.82. The summed E-state index contributed by atoms with van der Waals surface area (Å²) in [5, 5.41) is 3.37. The highest BCUT2D eigenvalue weighted by atomic mass is 16.5. The third kappa shape index (κ3) is 4.58. The van der Waals surface area contributed by atoms with E-state index in [0.29, 0.717) is 25.0 Å². The molecule has 1 rings (SSSR count). The largest absolute Gasteiger partial charge is 0.383 e. The van der Waals surface area contributed by atoms with Crippen LogP contribution < -0.4 is 5.32 Å². The fourth-order valence-electron chi connectivity index (χ4n) is 2.51. The number of piperidine rings is 1. The first-order valence-corrected chi connectivity index (χ1v) is 7.07. The van der Waals surface area contributed by atoms with Gasteiger partial charge in [-0.15, -0.1) is 0 Å². The molecule has 1 aliphatic rings. The predicted molar refractivity (Wildman–Crippen MR) is 73.5 cm³/mol. The van der Waals surface area contributed by atoms with Crippen molar-refractivity contribution < 1.29 is 9.53 Å². The first-order valence-electron chi connectivity index (χ1n) is 7.07. The molecule has 2 unspecified atom stereocenters. The van der Waals surface area contributed by atoms with Crippen LogP contribution >= 0.6 is 0 Å². The highest BCUT2D eigenvalue weighted by Gasteiger charge is 2.30. The Morgan fingerprint density at radius 3 is 2.78 bits per heavy atom. The van der Waals surface area contributed by atoms with E-state index in [1.807, 2.05) is 4.90 Å². The maximum absolute atomic E-state index is 12.6. The molecule has 0 aromatic rings. The summed E-state index contributed by atoms with van der Waals surface area (Å²) >= 11 is 0. The molecule has 2 atom stereocenters. The summed E-state index contributed by atoms with van der Waals surface area (Å²) in [5.74, 6) is 1.17. The van der Waals surface area contributed by atoms with Crippen LogP contribution in [0.3, 0.4) is 0 Å². The molecular weight excluding hydrogens is 228 g/mol. The Morgan fingerprint density at radius 1 is 1.50 bits per heavy atom. The van der Waals surface area contributed by atoms with Gasteiger partial charge in [0.1, 0.15) is 0 Å². The number of rotatable bonds is 6. The van der Waals surface area contributed by atoms with Gasteiger partial charge >= 0.3 is 0 Å². The van der Waals surface area contributed by atoms with Gasteiger partial charge in [0, 0.05) is 20.2 Å². The molecule has 106 valence electrons. The molecule has 1 amide bonds. The highest BCUT2D eigenvalue weighted by Crippen LogP contribution is 2.18. The second-order valence-corrected chi connectivity index (χ2v) is 5.72. The number of ether oxygens (including phenoxy) is 1. The van der Waals surface area contributed by atoms with Gasteiger partial charge in [0.15, 0.2) is 0 Å². The summed E-state index contributed by atoms with van der Waals surface area (Å²) in [7, 11) is 1.68. The van der Waals surface area contributed by atoms with E-state index in [4.69, 9.17) is 4.74 Å². The molecule has 4 nitrogen and oxygen atoms in total. The predicted octanol–water partition coefficient (Wildman–Crippen LogP) is 1.51. The summed E-state index contributed by atoms with van der Waals surface area (Å²) in [6.07, 6.45) is 2.32. The van der Waals surface area contributed by atoms with Crippen molar-refractivity contribution in [2.45, 2.75) is 39.7 Å². The molecule has 0 radical (unpaired) electrons. The Bertz CT molecular complexity index is 256. The van der Waals surface area contributed by atoms with Gasteiger partial charge in [0.25, 0.3) is 0 Å². The summed E-state index contributed by atoms with van der Waals surface area (Å²) in [5.41, 5.74) is 0. The first kappa shape index (κ1) is 15.4. The Kier molecular flexibility index (Phi) is 6.65. The zero-order valence-electron chi connectivity index (χ0n) is 12.2. The summed E-state index contributed by atoms with van der Waals surface area (Å²) < 4.78 is 5.10. The third-order valence-electron chi connectivity index (χ3n) is 3.50. The minimum absolute atomic E-state index is 0.00523. The molecular formula is C14H28N2O2. The lowest BCUT2D eigenvalue weighted by atomic mass is 9.91. The van der Waals surface area contributed by atoms with Crippen molar-refractivity contribution in [1.29, 1.82) is 0 Å². The zero-order valence-corrected chi connectivity index (χ0v) is 12.2. The molecule has 4 heteroatoms. The van der Waals surface area contributed by atoms with Crippen molar-refractivity contribution in [3.63, 3.8) is 0 Å². The summed E-state index contributed by atoms with van der Waals surface area (Å²) in [6, 6.07) is -0.00523. The quantitative estimate of drug-likeness (QED) is 0.783. The normalized spacial score (nSPS) is 24.3. The number of nitrogens with zero attached hydrogens (tertiary/aromatic N) is 1. The monoisotopic (exact) mass is 256 g/mol. The fraction of sp³-hybridized carbons (Fsp3) is 0.929. The second-order valence-electron chi connectivity index (χ2n) is 5.72. The molecule has 0 spiro atoms. The van der Waals surface area contributed by atoms with Gasteiger partial charge in [-0.1, -0.05) is 20.8 Å². The van der Waals surface area contributed by atoms with Crippen LogP contribution in [0.25, 0.3) is 0 Å². The average molecular weight is 256 g/mol. The number of amides is 1. The van der Waals surface area contributed by atoms with Crippen molar-refractivity contribution >= 4 is 5.91 Å². The lowest BCUT2D eigenvalue weighted by Gasteiger charge is -2.34. The van der Waals surface area contributed by atoms with Crippen LogP contribution in [0.15, 0.2) is 0 Å². The van der Waals surface area contributed by atoms with Crippen molar-refractivity contribution in [2.75, 3.05) is 33.4 Å². The average Bonchev–Trinajstić information content (AvgIpc) is 2.34. The van der Waals surface area contributed by atoms with E-state index in [9.17, 15) is 4.79 Å². The van der Waals surface area contributed by atoms with Crippen LogP contribution in [-0.4, -0.2) is 50.2 Å². The van der Waals surface area contributed by atoms with Gasteiger partial charge in [-0.2, -0.15) is 0 Å². The topological polar surface area (TPSA) is 41.6 Å². The van der Waals surface area contributed by atoms with Crippen LogP contribution in [0.4, 0.5) is 0 Å². The van der Waals surface area contributed by atoms with Gasteiger partial charge in [-0.05, 0) is 31.2 Å². The molecule has 0 bridgehead atoms. The van der Waals surface area contributed by atoms with Crippen LogP contribution in [0, 0.1) is 11.8 Å². The summed E-state index contributed by atoms with van der Waals surface area (Å²) in [6.45, 7) is 9.53. The van der Waals surface area contributed by atoms with Crippen molar-refractivity contribution in [3.8, 4) is 0 Å². The van der Waals surface area contributed by atoms with Gasteiger partial charge in [-0.25, -0.2) is 0 Å². The van der Waals surface area contributed by atoms with Crippen molar-refractivity contribution in [2.24, 2.45) is 11.8 Å². The molecule has 0 saturated carbocycles. The lowest BCUT2D eigenvalue weighted by Crippen LogP contribution is -2.53. The molecule has 1 N–H and O–H groups in total. The maximum Gasteiger partial charge on any atom is 0.240 e. The Labute approximate surface area is 111 Å². The van der Waals surface area contributed by atoms with E-state index in [1.165, 1.54) is 6.42 Å². The SMILES string of the molecule is COCCN(CC(C)C)C(=O)C1NCCCC1C. The Balaban J connectivity index is 2.61. The van der Waals surface area contributed by atoms with Gasteiger partial charge in [-0.3, -0.25) is 4.79 Å². The van der Waals surface area contributed by atoms with Gasteiger partial charge < -0.3 is 15.0 Å². The van der Waals surface area contributed by atoms with E-state index >= 15 is 0 Å². The number of methoxy groups -OCH3 is 1. The van der Waals surface area contributed by atoms with E-state index in [0.717, 1.165) is 19.5 Å². The Morgan fingerprint density at radius 2 is 2.22 bits per heavy atom. The van der Waals surface area contributed by atoms with Gasteiger partial charge in [0.05, 0.1) is 12.6 Å². The molecule has 0 aromatic carbocycles. The molecule has 1 saturated heterocycles. The van der Waals surface area contributed by atoms with E-state index in [2.05, 4.69) is 26.1 Å². The van der Waals surface area contributed by atoms with Crippen LogP contribution in [-0.2, 0) is 9.53 Å². The lowest BCUT2D eigenvalue weighted by molar-refractivity contribution is -0.136. The second kappa shape index (κ2) is 7.74. The van der Waals surface area contributed by atoms with Crippen LogP contribution in [0.2, 0.25) is 0 Å². The first-order chi connectivity index (χ1) is 8.56. The summed E-state index contributed by atoms with van der Waals surface area (Å²) in [4.78, 5) is 14.5. The third-order valence-corrected chi connectivity index (χ3v) is 3.50. The molecule has 1 heterocycles. The minimum Gasteiger partial charge on any atom is -0.383 e. The minimum atomic E-state index is -0.00523. The molecule has 0 aromatic heterocycles. The Hall–Kier alpha value is -0.610. The number of hydrogen-bond acceptors (Lipinski definition) is 3. The molecule has 1 aliphatic heterocycles. The van der Waals surface area contributed by atoms with Gasteiger partial charge in [0.2, 0.25) is 5.91 Å². The van der Waals surface area contributed by atoms with Crippen molar-refractivity contribution in [3.05, 3.63) is 0 Å². The molecule has 0 aliphatic carbocycles. The standard InChI is InChI=1S/C14H28N2O2/c1-11(2)10-16(8-9-18-4)14(17)13-12(3)6-5-7-15-13/h11-13,15H,5-10H2,1-4H3. The fourth-order valence-corrected chi connectivity index (χ4v) is 2.51. The smallest absolute Gasteiger partial charge is 0.240 e. The molecule has 18 heavy (non-hydrogen) atoms. The number of hydrogen-bond donors (Lipinski definition) is 1. The molecule has 1 fully saturated rings.